The number of fused-ring (bicyclic) bond motifs is 1. The van der Waals surface area contributed by atoms with Gasteiger partial charge in [0.05, 0.1) is 23.3 Å². The number of halogens is 2. The van der Waals surface area contributed by atoms with Crippen LogP contribution in [-0.2, 0) is 4.79 Å². The average Bonchev–Trinajstić information content (AvgIpc) is 2.88. The zero-order chi connectivity index (χ0) is 25.5. The number of amides is 2. The van der Waals surface area contributed by atoms with Gasteiger partial charge in [-0.25, -0.2) is 10.2 Å². The Hall–Kier alpha value is -4.20. The van der Waals surface area contributed by atoms with E-state index in [0.717, 1.165) is 10.8 Å². The number of carbonyl (C=O) groups is 3. The van der Waals surface area contributed by atoms with E-state index in [1.54, 1.807) is 42.5 Å². The number of nitrogens with one attached hydrogen (secondary N) is 2. The van der Waals surface area contributed by atoms with Crippen molar-refractivity contribution in [3.05, 3.63) is 112 Å². The molecule has 180 valence electrons. The summed E-state index contributed by atoms with van der Waals surface area (Å²) in [4.78, 5) is 36.9. The van der Waals surface area contributed by atoms with Gasteiger partial charge in [-0.3, -0.25) is 9.59 Å². The number of rotatable bonds is 7. The summed E-state index contributed by atoms with van der Waals surface area (Å²) in [6.45, 7) is -0.235. The zero-order valence-corrected chi connectivity index (χ0v) is 20.2. The molecule has 0 aliphatic carbocycles. The molecule has 0 aromatic heterocycles. The molecule has 4 rings (SSSR count). The maximum Gasteiger partial charge on any atom is 0.345 e. The van der Waals surface area contributed by atoms with Crippen LogP contribution in [0.3, 0.4) is 0 Å². The first-order valence-electron chi connectivity index (χ1n) is 10.8. The molecule has 2 N–H and O–H groups in total. The zero-order valence-electron chi connectivity index (χ0n) is 18.7. The Labute approximate surface area is 216 Å². The smallest absolute Gasteiger partial charge is 0.345 e. The Bertz CT molecular complexity index is 1460. The molecule has 4 aromatic carbocycles. The minimum atomic E-state index is -0.615. The van der Waals surface area contributed by atoms with Crippen LogP contribution >= 0.6 is 23.2 Å². The molecule has 0 heterocycles. The molecular formula is C27H19Cl2N3O4. The summed E-state index contributed by atoms with van der Waals surface area (Å²) in [6, 6.07) is 23.9. The van der Waals surface area contributed by atoms with Crippen LogP contribution in [0.1, 0.15) is 26.3 Å². The highest BCUT2D eigenvalue weighted by Crippen LogP contribution is 2.23. The normalized spacial score (nSPS) is 10.8. The monoisotopic (exact) mass is 519 g/mol. The highest BCUT2D eigenvalue weighted by atomic mass is 35.5. The van der Waals surface area contributed by atoms with Crippen molar-refractivity contribution in [1.29, 1.82) is 0 Å². The molecule has 9 heteroatoms. The van der Waals surface area contributed by atoms with E-state index in [1.807, 2.05) is 30.3 Å². The van der Waals surface area contributed by atoms with Gasteiger partial charge < -0.3 is 10.1 Å². The van der Waals surface area contributed by atoms with Crippen molar-refractivity contribution in [2.24, 2.45) is 5.10 Å². The molecule has 7 nitrogen and oxygen atoms in total. The number of hydrogen-bond donors (Lipinski definition) is 2. The summed E-state index contributed by atoms with van der Waals surface area (Å²) in [5, 5.41) is 8.84. The van der Waals surface area contributed by atoms with Crippen molar-refractivity contribution in [2.75, 3.05) is 6.54 Å². The van der Waals surface area contributed by atoms with Crippen LogP contribution in [0.2, 0.25) is 10.0 Å². The third kappa shape index (κ3) is 6.27. The Kier molecular flexibility index (Phi) is 7.95. The van der Waals surface area contributed by atoms with Crippen LogP contribution in [0.25, 0.3) is 10.8 Å². The van der Waals surface area contributed by atoms with E-state index >= 15 is 0 Å². The number of nitrogens with zero attached hydrogens (tertiary/aromatic N) is 1. The van der Waals surface area contributed by atoms with Crippen LogP contribution in [-0.4, -0.2) is 30.5 Å². The Morgan fingerprint density at radius 3 is 2.39 bits per heavy atom. The van der Waals surface area contributed by atoms with E-state index in [0.29, 0.717) is 21.9 Å². The fourth-order valence-corrected chi connectivity index (χ4v) is 3.82. The van der Waals surface area contributed by atoms with E-state index in [9.17, 15) is 14.4 Å². The second-order valence-corrected chi connectivity index (χ2v) is 8.43. The van der Waals surface area contributed by atoms with E-state index in [1.165, 1.54) is 18.3 Å². The number of hydrazone groups is 1. The first kappa shape index (κ1) is 24.9. The quantitative estimate of drug-likeness (QED) is 0.151. The fraction of sp³-hybridized carbons (Fsp3) is 0.0370. The number of carbonyl (C=O) groups excluding carboxylic acids is 3. The first-order valence-corrected chi connectivity index (χ1v) is 11.5. The molecule has 0 bridgehead atoms. The number of ether oxygens (including phenoxy) is 1. The van der Waals surface area contributed by atoms with Crippen LogP contribution in [0.15, 0.2) is 90.0 Å². The SMILES string of the molecule is O=C(CNC(=O)c1cccc2ccccc12)NN=Cc1ccc(OC(=O)c2ccc(Cl)cc2Cl)cc1. The third-order valence-corrected chi connectivity index (χ3v) is 5.64. The Balaban J connectivity index is 1.27. The summed E-state index contributed by atoms with van der Waals surface area (Å²) < 4.78 is 5.32. The van der Waals surface area contributed by atoms with Gasteiger partial charge in [-0.1, -0.05) is 59.6 Å². The lowest BCUT2D eigenvalue weighted by Crippen LogP contribution is -2.35. The van der Waals surface area contributed by atoms with Crippen LogP contribution in [0, 0.1) is 0 Å². The minimum absolute atomic E-state index is 0.195. The van der Waals surface area contributed by atoms with Crippen molar-refractivity contribution < 1.29 is 19.1 Å². The molecule has 0 aliphatic heterocycles. The van der Waals surface area contributed by atoms with Crippen molar-refractivity contribution in [3.63, 3.8) is 0 Å². The number of esters is 1. The standard InChI is InChI=1S/C27H19Cl2N3O4/c28-19-10-13-23(24(29)14-19)27(35)36-20-11-8-17(9-12-20)15-31-32-25(33)16-30-26(34)22-7-3-5-18-4-1-2-6-21(18)22/h1-15H,16H2,(H,30,34)(H,32,33). The lowest BCUT2D eigenvalue weighted by atomic mass is 10.0. The molecule has 0 fully saturated rings. The van der Waals surface area contributed by atoms with Gasteiger partial charge in [0.2, 0.25) is 0 Å². The maximum absolute atomic E-state index is 12.5. The molecule has 4 aromatic rings. The van der Waals surface area contributed by atoms with E-state index in [-0.39, 0.29) is 23.0 Å². The fourth-order valence-electron chi connectivity index (χ4n) is 3.34. The molecule has 0 saturated heterocycles. The van der Waals surface area contributed by atoms with E-state index in [4.69, 9.17) is 27.9 Å². The van der Waals surface area contributed by atoms with Gasteiger partial charge >= 0.3 is 5.97 Å². The summed E-state index contributed by atoms with van der Waals surface area (Å²) in [6.07, 6.45) is 1.42. The lowest BCUT2D eigenvalue weighted by molar-refractivity contribution is -0.120. The van der Waals surface area contributed by atoms with Gasteiger partial charge in [-0.2, -0.15) is 5.10 Å². The van der Waals surface area contributed by atoms with E-state index < -0.39 is 11.9 Å². The van der Waals surface area contributed by atoms with Gasteiger partial charge in [0.25, 0.3) is 11.8 Å². The Morgan fingerprint density at radius 2 is 1.61 bits per heavy atom. The summed E-state index contributed by atoms with van der Waals surface area (Å²) in [7, 11) is 0. The summed E-state index contributed by atoms with van der Waals surface area (Å²) in [5.74, 6) is -1.14. The summed E-state index contributed by atoms with van der Waals surface area (Å²) >= 11 is 11.9. The van der Waals surface area contributed by atoms with Crippen LogP contribution in [0.4, 0.5) is 0 Å². The lowest BCUT2D eigenvalue weighted by Gasteiger charge is -2.07. The second kappa shape index (κ2) is 11.5. The van der Waals surface area contributed by atoms with Gasteiger partial charge in [0.1, 0.15) is 5.75 Å². The number of hydrogen-bond acceptors (Lipinski definition) is 5. The second-order valence-electron chi connectivity index (χ2n) is 7.59. The predicted molar refractivity (Wildman–Crippen MR) is 140 cm³/mol. The summed E-state index contributed by atoms with van der Waals surface area (Å²) in [5.41, 5.74) is 3.70. The average molecular weight is 520 g/mol. The largest absolute Gasteiger partial charge is 0.423 e. The first-order chi connectivity index (χ1) is 17.4. The van der Waals surface area contributed by atoms with Gasteiger partial charge in [0.15, 0.2) is 0 Å². The molecular weight excluding hydrogens is 501 g/mol. The van der Waals surface area contributed by atoms with E-state index in [2.05, 4.69) is 15.8 Å². The highest BCUT2D eigenvalue weighted by molar-refractivity contribution is 6.36. The molecule has 0 radical (unpaired) electrons. The van der Waals surface area contributed by atoms with Gasteiger partial charge in [0, 0.05) is 10.6 Å². The minimum Gasteiger partial charge on any atom is -0.423 e. The molecule has 0 saturated carbocycles. The van der Waals surface area contributed by atoms with Gasteiger partial charge in [-0.05, 0) is 64.9 Å². The molecule has 0 aliphatic rings. The predicted octanol–water partition coefficient (Wildman–Crippen LogP) is 5.25. The molecule has 36 heavy (non-hydrogen) atoms. The molecule has 0 atom stereocenters. The molecule has 0 unspecified atom stereocenters. The molecule has 2 amide bonds. The maximum atomic E-state index is 12.5. The van der Waals surface area contributed by atoms with Gasteiger partial charge in [-0.15, -0.1) is 0 Å². The highest BCUT2D eigenvalue weighted by Gasteiger charge is 2.13. The van der Waals surface area contributed by atoms with Crippen molar-refractivity contribution in [1.82, 2.24) is 10.7 Å². The Morgan fingerprint density at radius 1 is 0.861 bits per heavy atom. The van der Waals surface area contributed by atoms with Crippen LogP contribution in [0.5, 0.6) is 5.75 Å². The molecule has 0 spiro atoms. The van der Waals surface area contributed by atoms with Crippen molar-refractivity contribution in [3.8, 4) is 5.75 Å². The van der Waals surface area contributed by atoms with Crippen molar-refractivity contribution >= 4 is 58.0 Å². The van der Waals surface area contributed by atoms with Crippen LogP contribution < -0.4 is 15.5 Å². The third-order valence-electron chi connectivity index (χ3n) is 5.09. The number of benzene rings is 4. The topological polar surface area (TPSA) is 96.9 Å². The van der Waals surface area contributed by atoms with Crippen molar-refractivity contribution in [2.45, 2.75) is 0 Å².